The van der Waals surface area contributed by atoms with Gasteiger partial charge in [0.1, 0.15) is 19.1 Å². The molecule has 0 atom stereocenters. The zero-order valence-electron chi connectivity index (χ0n) is 16.0. The highest BCUT2D eigenvalue weighted by Crippen LogP contribution is 2.35. The Balaban J connectivity index is 0.000000483. The first kappa shape index (κ1) is 25.6. The Kier molecular flexibility index (Phi) is 11.0. The smallest absolute Gasteiger partial charge is 0.417 e. The molecule has 2 aromatic rings. The number of ether oxygens (including phenoxy) is 1. The standard InChI is InChI=1S/C11H18N2O.C7H5ClF3N.CH2O/c1-9-4-5-10(12)8-11(9)14-7-6-13(2)3;8-6-2-1-4(12)3-5(6)7(9,10)11;1-2/h4-5,8H,6-7,12H2,1-3H3;1-3H,12H2;1H2. The van der Waals surface area contributed by atoms with E-state index < -0.39 is 11.7 Å². The summed E-state index contributed by atoms with van der Waals surface area (Å²) in [5.41, 5.74) is 11.9. The van der Waals surface area contributed by atoms with Crippen LogP contribution in [0.5, 0.6) is 5.75 Å². The van der Waals surface area contributed by atoms with E-state index in [-0.39, 0.29) is 10.7 Å². The number of hydrogen-bond donors (Lipinski definition) is 2. The van der Waals surface area contributed by atoms with Gasteiger partial charge < -0.3 is 25.9 Å². The summed E-state index contributed by atoms with van der Waals surface area (Å²) >= 11 is 5.31. The van der Waals surface area contributed by atoms with Crippen molar-refractivity contribution in [1.29, 1.82) is 0 Å². The molecule has 0 amide bonds. The molecule has 0 aliphatic heterocycles. The first-order valence-electron chi connectivity index (χ1n) is 8.05. The van der Waals surface area contributed by atoms with Crippen LogP contribution < -0.4 is 16.2 Å². The van der Waals surface area contributed by atoms with Crippen LogP contribution in [-0.4, -0.2) is 38.9 Å². The number of halogens is 4. The van der Waals surface area contributed by atoms with Crippen LogP contribution in [0.3, 0.4) is 0 Å². The minimum Gasteiger partial charge on any atom is -0.492 e. The van der Waals surface area contributed by atoms with Gasteiger partial charge >= 0.3 is 6.18 Å². The van der Waals surface area contributed by atoms with Crippen molar-refractivity contribution in [3.63, 3.8) is 0 Å². The van der Waals surface area contributed by atoms with E-state index in [0.29, 0.717) is 6.61 Å². The number of alkyl halides is 3. The van der Waals surface area contributed by atoms with Crippen LogP contribution in [0.15, 0.2) is 36.4 Å². The summed E-state index contributed by atoms with van der Waals surface area (Å²) in [6.45, 7) is 5.62. The van der Waals surface area contributed by atoms with E-state index in [0.717, 1.165) is 35.7 Å². The summed E-state index contributed by atoms with van der Waals surface area (Å²) in [5, 5.41) is -0.336. The van der Waals surface area contributed by atoms with Gasteiger partial charge in [0.25, 0.3) is 0 Å². The van der Waals surface area contributed by atoms with Crippen LogP contribution >= 0.6 is 11.6 Å². The average Bonchev–Trinajstić information content (AvgIpc) is 2.61. The van der Waals surface area contributed by atoms with Crippen LogP contribution in [0.25, 0.3) is 0 Å². The Morgan fingerprint density at radius 3 is 2.11 bits per heavy atom. The lowest BCUT2D eigenvalue weighted by Crippen LogP contribution is -2.19. The number of carbonyl (C=O) groups excluding carboxylic acids is 1. The van der Waals surface area contributed by atoms with Gasteiger partial charge in [-0.1, -0.05) is 17.7 Å². The van der Waals surface area contributed by atoms with Gasteiger partial charge in [0, 0.05) is 24.0 Å². The molecule has 0 aromatic heterocycles. The predicted octanol–water partition coefficient (Wildman–Crippen LogP) is 4.27. The predicted molar refractivity (Wildman–Crippen MR) is 108 cm³/mol. The minimum atomic E-state index is -4.44. The number of benzene rings is 2. The number of carbonyl (C=O) groups is 1. The quantitative estimate of drug-likeness (QED) is 0.723. The molecule has 0 spiro atoms. The molecule has 4 N–H and O–H groups in total. The van der Waals surface area contributed by atoms with E-state index in [9.17, 15) is 13.2 Å². The Hall–Kier alpha value is -2.45. The lowest BCUT2D eigenvalue weighted by molar-refractivity contribution is -0.137. The first-order valence-corrected chi connectivity index (χ1v) is 8.43. The molecule has 0 aliphatic rings. The van der Waals surface area contributed by atoms with Gasteiger partial charge in [-0.2, -0.15) is 13.2 Å². The monoisotopic (exact) mass is 419 g/mol. The summed E-state index contributed by atoms with van der Waals surface area (Å²) in [6.07, 6.45) is -4.44. The lowest BCUT2D eigenvalue weighted by Gasteiger charge is -2.12. The van der Waals surface area contributed by atoms with Crippen molar-refractivity contribution in [2.24, 2.45) is 0 Å². The molecule has 9 heteroatoms. The second kappa shape index (κ2) is 12.1. The molecular weight excluding hydrogens is 395 g/mol. The number of anilines is 2. The lowest BCUT2D eigenvalue weighted by atomic mass is 10.2. The van der Waals surface area contributed by atoms with E-state index in [1.165, 1.54) is 6.07 Å². The molecule has 156 valence electrons. The highest BCUT2D eigenvalue weighted by Gasteiger charge is 2.33. The third-order valence-corrected chi connectivity index (χ3v) is 3.63. The fourth-order valence-corrected chi connectivity index (χ4v) is 2.10. The Labute approximate surface area is 168 Å². The van der Waals surface area contributed by atoms with Gasteiger partial charge in [-0.3, -0.25) is 0 Å². The van der Waals surface area contributed by atoms with Gasteiger partial charge in [0.05, 0.1) is 10.6 Å². The fraction of sp³-hybridized carbons (Fsp3) is 0.316. The van der Waals surface area contributed by atoms with E-state index in [1.807, 2.05) is 46.0 Å². The number of aryl methyl sites for hydroxylation is 1. The van der Waals surface area contributed by atoms with E-state index in [4.69, 9.17) is 32.6 Å². The molecule has 2 aromatic carbocycles. The van der Waals surface area contributed by atoms with E-state index in [2.05, 4.69) is 4.90 Å². The molecule has 0 saturated carbocycles. The van der Waals surface area contributed by atoms with Gasteiger partial charge in [0.2, 0.25) is 0 Å². The zero-order valence-corrected chi connectivity index (χ0v) is 16.8. The second-order valence-electron chi connectivity index (χ2n) is 5.91. The number of nitrogen functional groups attached to an aromatic ring is 2. The summed E-state index contributed by atoms with van der Waals surface area (Å²) < 4.78 is 41.9. The van der Waals surface area contributed by atoms with Crippen LogP contribution in [0.1, 0.15) is 11.1 Å². The second-order valence-corrected chi connectivity index (χ2v) is 6.32. The Morgan fingerprint density at radius 1 is 1.07 bits per heavy atom. The van der Waals surface area contributed by atoms with Crippen LogP contribution in [-0.2, 0) is 11.0 Å². The number of nitrogens with two attached hydrogens (primary N) is 2. The molecule has 5 nitrogen and oxygen atoms in total. The highest BCUT2D eigenvalue weighted by molar-refractivity contribution is 6.31. The number of likely N-dealkylation sites (N-methyl/N-ethyl adjacent to an activating group) is 1. The van der Waals surface area contributed by atoms with Gasteiger partial charge in [-0.05, 0) is 50.8 Å². The normalized spacial score (nSPS) is 10.4. The van der Waals surface area contributed by atoms with Crippen LogP contribution in [0.2, 0.25) is 5.02 Å². The van der Waals surface area contributed by atoms with Crippen molar-refractivity contribution < 1.29 is 22.7 Å². The molecular formula is C19H25ClF3N3O2. The fourth-order valence-electron chi connectivity index (χ4n) is 1.87. The minimum absolute atomic E-state index is 0.0479. The highest BCUT2D eigenvalue weighted by atomic mass is 35.5. The molecule has 0 bridgehead atoms. The van der Waals surface area contributed by atoms with Gasteiger partial charge in [-0.25, -0.2) is 0 Å². The first-order chi connectivity index (χ1) is 13.0. The molecule has 0 saturated heterocycles. The van der Waals surface area contributed by atoms with Crippen molar-refractivity contribution >= 4 is 29.8 Å². The van der Waals surface area contributed by atoms with Crippen molar-refractivity contribution in [2.75, 3.05) is 38.7 Å². The number of rotatable bonds is 4. The largest absolute Gasteiger partial charge is 0.492 e. The van der Waals surface area contributed by atoms with Crippen molar-refractivity contribution in [3.05, 3.63) is 52.5 Å². The van der Waals surface area contributed by atoms with Crippen LogP contribution in [0.4, 0.5) is 24.5 Å². The Bertz CT molecular complexity index is 741. The third kappa shape index (κ3) is 9.48. The van der Waals surface area contributed by atoms with E-state index >= 15 is 0 Å². The summed E-state index contributed by atoms with van der Waals surface area (Å²) in [7, 11) is 4.05. The average molecular weight is 420 g/mol. The maximum atomic E-state index is 12.1. The van der Waals surface area contributed by atoms with Gasteiger partial charge in [0.15, 0.2) is 0 Å². The summed E-state index contributed by atoms with van der Waals surface area (Å²) in [4.78, 5) is 10.1. The maximum absolute atomic E-state index is 12.1. The van der Waals surface area contributed by atoms with Crippen molar-refractivity contribution in [3.8, 4) is 5.75 Å². The number of hydrogen-bond acceptors (Lipinski definition) is 5. The van der Waals surface area contributed by atoms with E-state index in [1.54, 1.807) is 0 Å². The summed E-state index contributed by atoms with van der Waals surface area (Å²) in [6, 6.07) is 8.97. The van der Waals surface area contributed by atoms with Gasteiger partial charge in [-0.15, -0.1) is 0 Å². The molecule has 0 aliphatic carbocycles. The molecule has 28 heavy (non-hydrogen) atoms. The maximum Gasteiger partial charge on any atom is 0.417 e. The topological polar surface area (TPSA) is 81.6 Å². The van der Waals surface area contributed by atoms with Crippen LogP contribution in [0, 0.1) is 6.92 Å². The molecule has 0 fully saturated rings. The van der Waals surface area contributed by atoms with Crippen molar-refractivity contribution in [2.45, 2.75) is 13.1 Å². The molecule has 2 rings (SSSR count). The molecule has 0 radical (unpaired) electrons. The Morgan fingerprint density at radius 2 is 1.61 bits per heavy atom. The number of nitrogens with zero attached hydrogens (tertiary/aromatic N) is 1. The molecule has 0 heterocycles. The third-order valence-electron chi connectivity index (χ3n) is 3.30. The SMILES string of the molecule is C=O.Cc1ccc(N)cc1OCCN(C)C.Nc1ccc(Cl)c(C(F)(F)F)c1. The molecule has 0 unspecified atom stereocenters. The summed E-state index contributed by atoms with van der Waals surface area (Å²) in [5.74, 6) is 0.881. The van der Waals surface area contributed by atoms with Crippen molar-refractivity contribution in [1.82, 2.24) is 4.90 Å². The zero-order chi connectivity index (χ0) is 21.9.